The summed E-state index contributed by atoms with van der Waals surface area (Å²) in [5.74, 6) is 3.65. The Morgan fingerprint density at radius 2 is 1.82 bits per heavy atom. The van der Waals surface area contributed by atoms with Gasteiger partial charge >= 0.3 is 17.6 Å². The second-order valence-corrected chi connectivity index (χ2v) is 9.72. The Kier molecular flexibility index (Phi) is 6.75. The van der Waals surface area contributed by atoms with Crippen molar-refractivity contribution < 1.29 is 31.1 Å². The summed E-state index contributed by atoms with van der Waals surface area (Å²) >= 11 is 1.04. The van der Waals surface area contributed by atoms with Crippen molar-refractivity contribution in [2.24, 2.45) is 22.7 Å². The lowest BCUT2D eigenvalue weighted by molar-refractivity contribution is -0.143. The van der Waals surface area contributed by atoms with Gasteiger partial charge in [-0.05, 0) is 60.1 Å². The molecule has 1 amide bonds. The number of aliphatic imine (C=N–C) groups is 1. The number of amides is 1. The quantitative estimate of drug-likeness (QED) is 0.434. The molecule has 1 N–H and O–H groups in total. The maximum Gasteiger partial charge on any atom is 0.416 e. The Balaban J connectivity index is 1.41. The van der Waals surface area contributed by atoms with Gasteiger partial charge in [0.15, 0.2) is 0 Å². The molecule has 2 fully saturated rings. The molecule has 2 heterocycles. The first-order valence-corrected chi connectivity index (χ1v) is 11.5. The molecule has 3 atom stereocenters. The minimum Gasteiger partial charge on any atom is -0.358 e. The maximum absolute atomic E-state index is 13.5. The van der Waals surface area contributed by atoms with Crippen LogP contribution in [0.25, 0.3) is 0 Å². The van der Waals surface area contributed by atoms with Crippen LogP contribution in [0, 0.1) is 30.1 Å². The first-order chi connectivity index (χ1) is 15.9. The molecule has 34 heavy (non-hydrogen) atoms. The Labute approximate surface area is 196 Å². The van der Waals surface area contributed by atoms with Gasteiger partial charge in [0.05, 0.1) is 22.6 Å². The van der Waals surface area contributed by atoms with Gasteiger partial charge in [-0.3, -0.25) is 9.69 Å². The molecule has 182 valence electrons. The maximum atomic E-state index is 13.5. The van der Waals surface area contributed by atoms with Gasteiger partial charge in [0, 0.05) is 19.6 Å². The van der Waals surface area contributed by atoms with Crippen molar-refractivity contribution in [1.82, 2.24) is 10.2 Å². The smallest absolute Gasteiger partial charge is 0.358 e. The third-order valence-electron chi connectivity index (χ3n) is 6.38. The minimum absolute atomic E-state index is 0.0527. The molecule has 4 rings (SSSR count). The van der Waals surface area contributed by atoms with E-state index in [0.29, 0.717) is 25.0 Å². The summed E-state index contributed by atoms with van der Waals surface area (Å²) in [5, 5.41) is 2.62. The second kappa shape index (κ2) is 9.30. The molecular formula is C23H21F6N3OS. The van der Waals surface area contributed by atoms with Gasteiger partial charge in [-0.1, -0.05) is 18.1 Å². The van der Waals surface area contributed by atoms with Crippen LogP contribution in [0.5, 0.6) is 0 Å². The van der Waals surface area contributed by atoms with E-state index in [1.165, 1.54) is 0 Å². The summed E-state index contributed by atoms with van der Waals surface area (Å²) in [4.78, 5) is 18.2. The summed E-state index contributed by atoms with van der Waals surface area (Å²) < 4.78 is 79.1. The number of amidine groups is 1. The molecular weight excluding hydrogens is 480 g/mol. The SMILES string of the molecule is C#CCNC1=NC(=O)S/C1=C\[C@@H]1C[C@@H]2CN(Cc3ccc(C(F)(F)F)cc3C(F)(F)F)C[C@@H]2C1. The standard InChI is InChI=1S/C23H21F6N3OS/c1-2-5-30-20-19(34-21(33)31-20)8-13-6-15-11-32(12-16(15)7-13)10-14-3-4-17(22(24,25)26)9-18(14)23(27,28)29/h1,3-4,8-9,13,15-16H,5-7,10-12H2,(H,30,31,33)/b19-8-/t13-,15-,16+. The van der Waals surface area contributed by atoms with E-state index in [-0.39, 0.29) is 47.7 Å². The molecule has 1 aromatic carbocycles. The lowest BCUT2D eigenvalue weighted by atomic mass is 10.0. The van der Waals surface area contributed by atoms with Crippen LogP contribution < -0.4 is 5.32 Å². The number of rotatable bonds is 4. The summed E-state index contributed by atoms with van der Waals surface area (Å²) in [6.07, 6.45) is -0.809. The molecule has 1 aliphatic carbocycles. The highest BCUT2D eigenvalue weighted by molar-refractivity contribution is 8.18. The number of terminal acetylenes is 1. The molecule has 11 heteroatoms. The minimum atomic E-state index is -4.87. The molecule has 0 bridgehead atoms. The monoisotopic (exact) mass is 501 g/mol. The van der Waals surface area contributed by atoms with Gasteiger partial charge in [-0.15, -0.1) is 6.42 Å². The molecule has 0 aromatic heterocycles. The summed E-state index contributed by atoms with van der Waals surface area (Å²) in [6, 6.07) is 1.84. The number of carbonyl (C=O) groups excluding carboxylic acids is 1. The highest BCUT2D eigenvalue weighted by atomic mass is 32.2. The van der Waals surface area contributed by atoms with Crippen LogP contribution in [0.1, 0.15) is 29.5 Å². The van der Waals surface area contributed by atoms with Gasteiger partial charge in [-0.25, -0.2) is 0 Å². The number of allylic oxidation sites excluding steroid dienone is 1. The number of nitrogens with one attached hydrogen (secondary N) is 1. The van der Waals surface area contributed by atoms with E-state index in [1.54, 1.807) is 0 Å². The molecule has 0 radical (unpaired) electrons. The van der Waals surface area contributed by atoms with Crippen LogP contribution >= 0.6 is 11.8 Å². The number of fused-ring (bicyclic) bond motifs is 1. The lowest BCUT2D eigenvalue weighted by Gasteiger charge is -2.22. The van der Waals surface area contributed by atoms with Crippen molar-refractivity contribution in [3.8, 4) is 12.3 Å². The fourth-order valence-electron chi connectivity index (χ4n) is 5.00. The number of halogens is 6. The topological polar surface area (TPSA) is 44.7 Å². The fourth-order valence-corrected chi connectivity index (χ4v) is 5.80. The van der Waals surface area contributed by atoms with Crippen molar-refractivity contribution in [2.45, 2.75) is 31.7 Å². The number of nitrogens with zero attached hydrogens (tertiary/aromatic N) is 2. The van der Waals surface area contributed by atoms with Crippen molar-refractivity contribution in [3.63, 3.8) is 0 Å². The average Bonchev–Trinajstić information content (AvgIpc) is 3.38. The van der Waals surface area contributed by atoms with Crippen LogP contribution in [0.4, 0.5) is 31.1 Å². The van der Waals surface area contributed by atoms with E-state index in [2.05, 4.69) is 16.2 Å². The van der Waals surface area contributed by atoms with Crippen molar-refractivity contribution in [2.75, 3.05) is 19.6 Å². The van der Waals surface area contributed by atoms with Crippen LogP contribution in [-0.2, 0) is 18.9 Å². The Morgan fingerprint density at radius 3 is 2.41 bits per heavy atom. The Morgan fingerprint density at radius 1 is 1.15 bits per heavy atom. The van der Waals surface area contributed by atoms with E-state index >= 15 is 0 Å². The number of alkyl halides is 6. The van der Waals surface area contributed by atoms with Gasteiger partial charge in [-0.2, -0.15) is 31.3 Å². The third kappa shape index (κ3) is 5.44. The van der Waals surface area contributed by atoms with Crippen molar-refractivity contribution in [3.05, 3.63) is 45.9 Å². The molecule has 1 saturated heterocycles. The third-order valence-corrected chi connectivity index (χ3v) is 7.19. The number of hydrogen-bond acceptors (Lipinski definition) is 4. The predicted octanol–water partition coefficient (Wildman–Crippen LogP) is 5.55. The lowest BCUT2D eigenvalue weighted by Crippen LogP contribution is -2.24. The summed E-state index contributed by atoms with van der Waals surface area (Å²) in [7, 11) is 0. The number of benzene rings is 1. The zero-order valence-corrected chi connectivity index (χ0v) is 18.7. The molecule has 1 aromatic rings. The van der Waals surface area contributed by atoms with Gasteiger partial charge in [0.2, 0.25) is 0 Å². The highest BCUT2D eigenvalue weighted by Gasteiger charge is 2.42. The number of carbonyl (C=O) groups is 1. The largest absolute Gasteiger partial charge is 0.416 e. The van der Waals surface area contributed by atoms with Crippen molar-refractivity contribution >= 4 is 22.8 Å². The number of hydrogen-bond donors (Lipinski definition) is 1. The second-order valence-electron chi connectivity index (χ2n) is 8.73. The highest BCUT2D eigenvalue weighted by Crippen LogP contribution is 2.45. The van der Waals surface area contributed by atoms with E-state index in [4.69, 9.17) is 6.42 Å². The van der Waals surface area contributed by atoms with Crippen LogP contribution in [0.15, 0.2) is 34.2 Å². The molecule has 4 nitrogen and oxygen atoms in total. The predicted molar refractivity (Wildman–Crippen MR) is 117 cm³/mol. The first-order valence-electron chi connectivity index (χ1n) is 10.6. The number of thioether (sulfide) groups is 1. The molecule has 0 spiro atoms. The Hall–Kier alpha value is -2.45. The van der Waals surface area contributed by atoms with Crippen LogP contribution in [-0.4, -0.2) is 35.6 Å². The van der Waals surface area contributed by atoms with E-state index in [1.807, 2.05) is 11.0 Å². The summed E-state index contributed by atoms with van der Waals surface area (Å²) in [5.41, 5.74) is -2.70. The molecule has 3 aliphatic rings. The number of likely N-dealkylation sites (tertiary alicyclic amines) is 1. The normalized spacial score (nSPS) is 26.6. The van der Waals surface area contributed by atoms with Crippen LogP contribution in [0.2, 0.25) is 0 Å². The Bertz CT molecular complexity index is 1060. The van der Waals surface area contributed by atoms with E-state index in [0.717, 1.165) is 35.6 Å². The average molecular weight is 501 g/mol. The van der Waals surface area contributed by atoms with Gasteiger partial charge in [0.1, 0.15) is 5.84 Å². The zero-order chi connectivity index (χ0) is 24.7. The molecule has 2 aliphatic heterocycles. The van der Waals surface area contributed by atoms with Gasteiger partial charge in [0.25, 0.3) is 0 Å². The van der Waals surface area contributed by atoms with Gasteiger partial charge < -0.3 is 5.32 Å². The van der Waals surface area contributed by atoms with Crippen LogP contribution in [0.3, 0.4) is 0 Å². The summed E-state index contributed by atoms with van der Waals surface area (Å²) in [6.45, 7) is 1.34. The zero-order valence-electron chi connectivity index (χ0n) is 17.8. The fraction of sp³-hybridized carbons (Fsp3) is 0.478. The van der Waals surface area contributed by atoms with E-state index in [9.17, 15) is 31.1 Å². The molecule has 1 saturated carbocycles. The first kappa shape index (κ1) is 24.7. The molecule has 0 unspecified atom stereocenters. The van der Waals surface area contributed by atoms with E-state index < -0.39 is 23.5 Å². The van der Waals surface area contributed by atoms with Crippen molar-refractivity contribution in [1.29, 1.82) is 0 Å².